The zero-order chi connectivity index (χ0) is 21.5. The molecule has 154 valence electrons. The van der Waals surface area contributed by atoms with Gasteiger partial charge in [0.2, 0.25) is 5.88 Å². The minimum absolute atomic E-state index is 0.193. The van der Waals surface area contributed by atoms with E-state index in [1.807, 2.05) is 37.3 Å². The molecule has 4 aromatic rings. The first-order chi connectivity index (χ1) is 14.2. The van der Waals surface area contributed by atoms with Gasteiger partial charge in [-0.1, -0.05) is 18.2 Å². The number of imidazole rings is 1. The first-order valence-corrected chi connectivity index (χ1v) is 8.94. The number of hydrogen-bond donors (Lipinski definition) is 1. The first-order valence-electron chi connectivity index (χ1n) is 8.94. The third kappa shape index (κ3) is 3.86. The SMILES string of the molecule is Cc1cc(Cn2cc(O)n(-c3ccc(OC(F)(F)F)cc3)c2=O)c2ccccc2n1. The molecule has 0 fully saturated rings. The Labute approximate surface area is 168 Å². The van der Waals surface area contributed by atoms with Crippen molar-refractivity contribution < 1.29 is 23.0 Å². The van der Waals surface area contributed by atoms with E-state index in [-0.39, 0.29) is 18.1 Å². The van der Waals surface area contributed by atoms with E-state index in [0.29, 0.717) is 0 Å². The summed E-state index contributed by atoms with van der Waals surface area (Å²) in [6, 6.07) is 14.1. The van der Waals surface area contributed by atoms with Crippen molar-refractivity contribution in [2.45, 2.75) is 19.8 Å². The van der Waals surface area contributed by atoms with E-state index in [0.717, 1.165) is 38.9 Å². The van der Waals surface area contributed by atoms with Gasteiger partial charge in [-0.25, -0.2) is 9.36 Å². The Hall–Kier alpha value is -3.75. The number of hydrogen-bond acceptors (Lipinski definition) is 4. The maximum atomic E-state index is 12.9. The molecule has 0 aliphatic heterocycles. The monoisotopic (exact) mass is 415 g/mol. The van der Waals surface area contributed by atoms with Crippen molar-refractivity contribution in [2.24, 2.45) is 0 Å². The second-order valence-electron chi connectivity index (χ2n) is 6.71. The highest BCUT2D eigenvalue weighted by Crippen LogP contribution is 2.25. The Balaban J connectivity index is 1.69. The van der Waals surface area contributed by atoms with E-state index in [2.05, 4.69) is 9.72 Å². The van der Waals surface area contributed by atoms with E-state index in [1.165, 1.54) is 22.9 Å². The summed E-state index contributed by atoms with van der Waals surface area (Å²) in [5, 5.41) is 11.2. The lowest BCUT2D eigenvalue weighted by molar-refractivity contribution is -0.274. The van der Waals surface area contributed by atoms with Crippen LogP contribution >= 0.6 is 0 Å². The molecule has 0 aliphatic rings. The lowest BCUT2D eigenvalue weighted by atomic mass is 10.1. The molecule has 30 heavy (non-hydrogen) atoms. The molecule has 0 bridgehead atoms. The van der Waals surface area contributed by atoms with E-state index >= 15 is 0 Å². The van der Waals surface area contributed by atoms with Crippen LogP contribution in [0.25, 0.3) is 16.6 Å². The van der Waals surface area contributed by atoms with Crippen LogP contribution in [0.2, 0.25) is 0 Å². The number of aromatic nitrogens is 3. The maximum Gasteiger partial charge on any atom is 0.573 e. The normalized spacial score (nSPS) is 11.7. The number of nitrogens with zero attached hydrogens (tertiary/aromatic N) is 3. The smallest absolute Gasteiger partial charge is 0.493 e. The van der Waals surface area contributed by atoms with Crippen LogP contribution in [-0.2, 0) is 6.54 Å². The zero-order valence-electron chi connectivity index (χ0n) is 15.7. The van der Waals surface area contributed by atoms with E-state index in [9.17, 15) is 23.1 Å². The standard InChI is InChI=1S/C21H16F3N3O3/c1-13-10-14(17-4-2-3-5-18(17)25-13)11-26-12-19(28)27(20(26)29)15-6-8-16(9-7-15)30-21(22,23)24/h2-10,12,28H,11H2,1H3. The highest BCUT2D eigenvalue weighted by atomic mass is 19.4. The molecule has 1 N–H and O–H groups in total. The van der Waals surface area contributed by atoms with E-state index in [1.54, 1.807) is 0 Å². The molecule has 2 heterocycles. The third-order valence-corrected chi connectivity index (χ3v) is 4.54. The van der Waals surface area contributed by atoms with Gasteiger partial charge in [-0.05, 0) is 48.9 Å². The molecule has 0 aliphatic carbocycles. The summed E-state index contributed by atoms with van der Waals surface area (Å²) in [6.45, 7) is 2.05. The molecule has 4 rings (SSSR count). The summed E-state index contributed by atoms with van der Waals surface area (Å²) in [5.41, 5.74) is 2.12. The average Bonchev–Trinajstić information content (AvgIpc) is 2.94. The molecule has 0 atom stereocenters. The highest BCUT2D eigenvalue weighted by molar-refractivity contribution is 5.82. The Morgan fingerprint density at radius 2 is 1.80 bits per heavy atom. The fraction of sp³-hybridized carbons (Fsp3) is 0.143. The van der Waals surface area contributed by atoms with Crippen molar-refractivity contribution in [2.75, 3.05) is 0 Å². The van der Waals surface area contributed by atoms with Gasteiger partial charge in [-0.15, -0.1) is 13.2 Å². The molecule has 0 amide bonds. The fourth-order valence-electron chi connectivity index (χ4n) is 3.34. The molecular weight excluding hydrogens is 399 g/mol. The Bertz CT molecular complexity index is 1270. The predicted molar refractivity (Wildman–Crippen MR) is 104 cm³/mol. The second-order valence-corrected chi connectivity index (χ2v) is 6.71. The lowest BCUT2D eigenvalue weighted by Gasteiger charge is -2.10. The fourth-order valence-corrected chi connectivity index (χ4v) is 3.34. The number of halogens is 3. The highest BCUT2D eigenvalue weighted by Gasteiger charge is 2.31. The zero-order valence-corrected chi connectivity index (χ0v) is 15.7. The summed E-state index contributed by atoms with van der Waals surface area (Å²) >= 11 is 0. The van der Waals surface area contributed by atoms with Crippen LogP contribution in [0.5, 0.6) is 11.6 Å². The minimum Gasteiger partial charge on any atom is -0.493 e. The molecular formula is C21H16F3N3O3. The molecule has 0 saturated carbocycles. The van der Waals surface area contributed by atoms with Gasteiger partial charge < -0.3 is 9.84 Å². The topological polar surface area (TPSA) is 69.3 Å². The molecule has 2 aromatic heterocycles. The number of ether oxygens (including phenoxy) is 1. The van der Waals surface area contributed by atoms with Crippen LogP contribution in [0.4, 0.5) is 13.2 Å². The molecule has 0 saturated heterocycles. The van der Waals surface area contributed by atoms with Gasteiger partial charge in [-0.2, -0.15) is 0 Å². The van der Waals surface area contributed by atoms with Crippen LogP contribution in [0.15, 0.2) is 65.6 Å². The maximum absolute atomic E-state index is 12.9. The first kappa shape index (κ1) is 19.6. The number of fused-ring (bicyclic) bond motifs is 1. The average molecular weight is 415 g/mol. The van der Waals surface area contributed by atoms with Crippen molar-refractivity contribution in [3.05, 3.63) is 82.5 Å². The summed E-state index contributed by atoms with van der Waals surface area (Å²) < 4.78 is 43.1. The van der Waals surface area contributed by atoms with Gasteiger partial charge in [0.25, 0.3) is 0 Å². The van der Waals surface area contributed by atoms with E-state index in [4.69, 9.17) is 0 Å². The van der Waals surface area contributed by atoms with Crippen molar-refractivity contribution in [1.29, 1.82) is 0 Å². The predicted octanol–water partition coefficient (Wildman–Crippen LogP) is 4.15. The van der Waals surface area contributed by atoms with E-state index < -0.39 is 17.8 Å². The van der Waals surface area contributed by atoms with Crippen LogP contribution in [0.1, 0.15) is 11.3 Å². The van der Waals surface area contributed by atoms with Crippen LogP contribution < -0.4 is 10.4 Å². The van der Waals surface area contributed by atoms with Gasteiger partial charge in [-0.3, -0.25) is 9.55 Å². The van der Waals surface area contributed by atoms with Gasteiger partial charge in [0.1, 0.15) is 5.75 Å². The van der Waals surface area contributed by atoms with Crippen LogP contribution in [0.3, 0.4) is 0 Å². The van der Waals surface area contributed by atoms with Crippen molar-refractivity contribution >= 4 is 10.9 Å². The Morgan fingerprint density at radius 1 is 1.10 bits per heavy atom. The summed E-state index contributed by atoms with van der Waals surface area (Å²) in [5.74, 6) is -0.753. The largest absolute Gasteiger partial charge is 0.573 e. The minimum atomic E-state index is -4.81. The van der Waals surface area contributed by atoms with Crippen LogP contribution in [-0.4, -0.2) is 25.6 Å². The number of rotatable bonds is 4. The van der Waals surface area contributed by atoms with Crippen LogP contribution in [0, 0.1) is 6.92 Å². The van der Waals surface area contributed by atoms with Gasteiger partial charge in [0.15, 0.2) is 0 Å². The summed E-state index contributed by atoms with van der Waals surface area (Å²) in [7, 11) is 0. The molecule has 0 radical (unpaired) electrons. The number of benzene rings is 2. The number of aromatic hydroxyl groups is 1. The van der Waals surface area contributed by atoms with Gasteiger partial charge >= 0.3 is 12.1 Å². The molecule has 0 spiro atoms. The lowest BCUT2D eigenvalue weighted by Crippen LogP contribution is -2.23. The molecule has 6 nitrogen and oxygen atoms in total. The number of pyridine rings is 1. The number of para-hydroxylation sites is 1. The summed E-state index contributed by atoms with van der Waals surface area (Å²) in [4.78, 5) is 17.3. The second kappa shape index (κ2) is 7.25. The quantitative estimate of drug-likeness (QED) is 0.544. The van der Waals surface area contributed by atoms with Crippen molar-refractivity contribution in [1.82, 2.24) is 14.1 Å². The number of alkyl halides is 3. The van der Waals surface area contributed by atoms with Gasteiger partial charge in [0, 0.05) is 11.1 Å². The summed E-state index contributed by atoms with van der Waals surface area (Å²) in [6.07, 6.45) is -3.53. The van der Waals surface area contributed by atoms with Gasteiger partial charge in [0.05, 0.1) is 23.9 Å². The number of aryl methyl sites for hydroxylation is 1. The molecule has 9 heteroatoms. The Kier molecular flexibility index (Phi) is 4.73. The molecule has 0 unspecified atom stereocenters. The Morgan fingerprint density at radius 3 is 2.50 bits per heavy atom. The third-order valence-electron chi connectivity index (χ3n) is 4.54. The van der Waals surface area contributed by atoms with Crippen molar-refractivity contribution in [3.63, 3.8) is 0 Å². The van der Waals surface area contributed by atoms with Crippen molar-refractivity contribution in [3.8, 4) is 17.3 Å². The molecule has 2 aromatic carbocycles.